The molecule has 1 aromatic rings. The summed E-state index contributed by atoms with van der Waals surface area (Å²) < 4.78 is 33.3. The number of methoxy groups -OCH3 is 1. The number of rotatable bonds is 7. The summed E-state index contributed by atoms with van der Waals surface area (Å²) in [7, 11) is -1.87. The van der Waals surface area contributed by atoms with Crippen LogP contribution in [0.3, 0.4) is 0 Å². The van der Waals surface area contributed by atoms with Gasteiger partial charge in [-0.15, -0.1) is 0 Å². The van der Waals surface area contributed by atoms with Gasteiger partial charge in [0.1, 0.15) is 5.75 Å². The number of halogens is 1. The summed E-state index contributed by atoms with van der Waals surface area (Å²) in [6.07, 6.45) is 6.00. The van der Waals surface area contributed by atoms with E-state index in [9.17, 15) is 8.42 Å². The Bertz CT molecular complexity index is 599. The van der Waals surface area contributed by atoms with E-state index in [2.05, 4.69) is 32.2 Å². The number of hydrogen-bond donors (Lipinski definition) is 1. The molecule has 1 N–H and O–H groups in total. The summed E-state index contributed by atoms with van der Waals surface area (Å²) in [6.45, 7) is 3.72. The minimum atomic E-state index is -3.45. The van der Waals surface area contributed by atoms with Crippen LogP contribution in [0.1, 0.15) is 32.1 Å². The van der Waals surface area contributed by atoms with E-state index in [1.54, 1.807) is 25.3 Å². The van der Waals surface area contributed by atoms with Crippen molar-refractivity contribution in [2.75, 3.05) is 33.3 Å². The first-order valence-corrected chi connectivity index (χ1v) is 10.6. The van der Waals surface area contributed by atoms with Gasteiger partial charge in [0.05, 0.1) is 15.6 Å². The normalized spacial score (nSPS) is 17.0. The molecule has 130 valence electrons. The monoisotopic (exact) mass is 452 g/mol. The highest BCUT2D eigenvalue weighted by Crippen LogP contribution is 2.23. The molecule has 0 aromatic heterocycles. The summed E-state index contributed by atoms with van der Waals surface area (Å²) in [5.74, 6) is 0.686. The van der Waals surface area contributed by atoms with E-state index >= 15 is 0 Å². The van der Waals surface area contributed by atoms with Crippen LogP contribution in [0.15, 0.2) is 23.1 Å². The molecule has 1 heterocycles. The van der Waals surface area contributed by atoms with Crippen molar-refractivity contribution in [2.45, 2.75) is 37.0 Å². The van der Waals surface area contributed by atoms with E-state index in [4.69, 9.17) is 4.74 Å². The van der Waals surface area contributed by atoms with Crippen molar-refractivity contribution in [3.8, 4) is 5.75 Å². The second-order valence-corrected chi connectivity index (χ2v) is 8.73. The molecular formula is C16H25IN2O3S. The van der Waals surface area contributed by atoms with Gasteiger partial charge in [-0.3, -0.25) is 0 Å². The van der Waals surface area contributed by atoms with Gasteiger partial charge >= 0.3 is 0 Å². The maximum absolute atomic E-state index is 12.3. The molecule has 0 atom stereocenters. The SMILES string of the molecule is COc1ccc(S(=O)(=O)NCCCN2CCCCCC2)cc1I. The van der Waals surface area contributed by atoms with Gasteiger partial charge in [0, 0.05) is 6.54 Å². The van der Waals surface area contributed by atoms with E-state index in [0.29, 0.717) is 12.3 Å². The maximum atomic E-state index is 12.3. The number of likely N-dealkylation sites (tertiary alicyclic amines) is 1. The summed E-state index contributed by atoms with van der Waals surface area (Å²) in [6, 6.07) is 4.90. The fourth-order valence-corrected chi connectivity index (χ4v) is 4.81. The number of nitrogens with zero attached hydrogens (tertiary/aromatic N) is 1. The Labute approximate surface area is 153 Å². The Morgan fingerprint density at radius 3 is 2.52 bits per heavy atom. The van der Waals surface area contributed by atoms with Gasteiger partial charge in [0.2, 0.25) is 10.0 Å². The fraction of sp³-hybridized carbons (Fsp3) is 0.625. The Hall–Kier alpha value is -0.380. The van der Waals surface area contributed by atoms with Crippen LogP contribution in [0.4, 0.5) is 0 Å². The van der Waals surface area contributed by atoms with Gasteiger partial charge in [-0.25, -0.2) is 13.1 Å². The first-order valence-electron chi connectivity index (χ1n) is 8.08. The molecule has 0 aliphatic carbocycles. The molecule has 0 bridgehead atoms. The molecule has 0 spiro atoms. The summed E-state index contributed by atoms with van der Waals surface area (Å²) in [4.78, 5) is 2.73. The topological polar surface area (TPSA) is 58.6 Å². The first-order chi connectivity index (χ1) is 11.0. The van der Waals surface area contributed by atoms with E-state index < -0.39 is 10.0 Å². The van der Waals surface area contributed by atoms with Crippen LogP contribution >= 0.6 is 22.6 Å². The lowest BCUT2D eigenvalue weighted by atomic mass is 10.2. The van der Waals surface area contributed by atoms with Crippen molar-refractivity contribution in [3.05, 3.63) is 21.8 Å². The largest absolute Gasteiger partial charge is 0.496 e. The predicted octanol–water partition coefficient (Wildman–Crippen LogP) is 2.84. The van der Waals surface area contributed by atoms with E-state index in [1.165, 1.54) is 25.7 Å². The summed E-state index contributed by atoms with van der Waals surface area (Å²) >= 11 is 2.08. The maximum Gasteiger partial charge on any atom is 0.240 e. The zero-order chi connectivity index (χ0) is 16.7. The molecule has 23 heavy (non-hydrogen) atoms. The number of nitrogens with one attached hydrogen (secondary N) is 1. The van der Waals surface area contributed by atoms with Gasteiger partial charge in [0.25, 0.3) is 0 Å². The second-order valence-electron chi connectivity index (χ2n) is 5.80. The third-order valence-corrected chi connectivity index (χ3v) is 6.38. The molecule has 0 saturated carbocycles. The van der Waals surface area contributed by atoms with E-state index in [-0.39, 0.29) is 4.90 Å². The van der Waals surface area contributed by atoms with Crippen molar-refractivity contribution in [1.82, 2.24) is 9.62 Å². The lowest BCUT2D eigenvalue weighted by Gasteiger charge is -2.19. The molecule has 7 heteroatoms. The van der Waals surface area contributed by atoms with Gasteiger partial charge in [-0.2, -0.15) is 0 Å². The fourth-order valence-electron chi connectivity index (χ4n) is 2.77. The Morgan fingerprint density at radius 2 is 1.91 bits per heavy atom. The van der Waals surface area contributed by atoms with Crippen molar-refractivity contribution in [2.24, 2.45) is 0 Å². The highest BCUT2D eigenvalue weighted by Gasteiger charge is 2.15. The van der Waals surface area contributed by atoms with Crippen molar-refractivity contribution < 1.29 is 13.2 Å². The third-order valence-electron chi connectivity index (χ3n) is 4.08. The van der Waals surface area contributed by atoms with Gasteiger partial charge in [0.15, 0.2) is 0 Å². The van der Waals surface area contributed by atoms with Crippen LogP contribution in [-0.4, -0.2) is 46.6 Å². The minimum Gasteiger partial charge on any atom is -0.496 e. The quantitative estimate of drug-likeness (QED) is 0.511. The average Bonchev–Trinajstić information content (AvgIpc) is 2.80. The van der Waals surface area contributed by atoms with Crippen LogP contribution in [0.2, 0.25) is 0 Å². The standard InChI is InChI=1S/C16H25IN2O3S/c1-22-16-8-7-14(13-15(16)17)23(20,21)18-9-6-12-19-10-4-2-3-5-11-19/h7-8,13,18H,2-6,9-12H2,1H3. The van der Waals surface area contributed by atoms with Crippen LogP contribution in [0.25, 0.3) is 0 Å². The molecule has 5 nitrogen and oxygen atoms in total. The Kier molecular flexibility index (Phi) is 7.58. The van der Waals surface area contributed by atoms with Gasteiger partial charge in [-0.1, -0.05) is 12.8 Å². The van der Waals surface area contributed by atoms with Crippen molar-refractivity contribution in [1.29, 1.82) is 0 Å². The predicted molar refractivity (Wildman–Crippen MR) is 100 cm³/mol. The Morgan fingerprint density at radius 1 is 1.22 bits per heavy atom. The second kappa shape index (κ2) is 9.19. The molecule has 1 aromatic carbocycles. The zero-order valence-electron chi connectivity index (χ0n) is 13.6. The van der Waals surface area contributed by atoms with Gasteiger partial charge in [-0.05, 0) is 79.7 Å². The van der Waals surface area contributed by atoms with E-state index in [0.717, 1.165) is 29.6 Å². The molecular weight excluding hydrogens is 427 g/mol. The number of sulfonamides is 1. The molecule has 1 aliphatic heterocycles. The zero-order valence-corrected chi connectivity index (χ0v) is 16.5. The molecule has 2 rings (SSSR count). The van der Waals surface area contributed by atoms with Crippen molar-refractivity contribution >= 4 is 32.6 Å². The first kappa shape index (κ1) is 19.0. The van der Waals surface area contributed by atoms with Gasteiger partial charge < -0.3 is 9.64 Å². The smallest absolute Gasteiger partial charge is 0.240 e. The summed E-state index contributed by atoms with van der Waals surface area (Å²) in [5.41, 5.74) is 0. The number of ether oxygens (including phenoxy) is 1. The van der Waals surface area contributed by atoms with Crippen LogP contribution in [-0.2, 0) is 10.0 Å². The lowest BCUT2D eigenvalue weighted by Crippen LogP contribution is -2.30. The number of benzene rings is 1. The van der Waals surface area contributed by atoms with Crippen molar-refractivity contribution in [3.63, 3.8) is 0 Å². The lowest BCUT2D eigenvalue weighted by molar-refractivity contribution is 0.282. The van der Waals surface area contributed by atoms with Crippen LogP contribution in [0, 0.1) is 3.57 Å². The number of hydrogen-bond acceptors (Lipinski definition) is 4. The highest BCUT2D eigenvalue weighted by molar-refractivity contribution is 14.1. The average molecular weight is 452 g/mol. The van der Waals surface area contributed by atoms with Crippen LogP contribution < -0.4 is 9.46 Å². The molecule has 0 unspecified atom stereocenters. The molecule has 0 radical (unpaired) electrons. The minimum absolute atomic E-state index is 0.289. The summed E-state index contributed by atoms with van der Waals surface area (Å²) in [5, 5.41) is 0. The third kappa shape index (κ3) is 5.88. The molecule has 1 saturated heterocycles. The molecule has 0 amide bonds. The molecule has 1 aliphatic rings. The van der Waals surface area contributed by atoms with E-state index in [1.807, 2.05) is 0 Å². The highest BCUT2D eigenvalue weighted by atomic mass is 127. The Balaban J connectivity index is 1.82. The van der Waals surface area contributed by atoms with Crippen LogP contribution in [0.5, 0.6) is 5.75 Å². The molecule has 1 fully saturated rings.